The molecule has 1 aliphatic rings. The first-order valence-electron chi connectivity index (χ1n) is 6.58. The van der Waals surface area contributed by atoms with Crippen LogP contribution < -0.4 is 10.2 Å². The van der Waals surface area contributed by atoms with Crippen molar-refractivity contribution in [1.29, 1.82) is 0 Å². The fourth-order valence-corrected chi connectivity index (χ4v) is 2.62. The van der Waals surface area contributed by atoms with Crippen molar-refractivity contribution >= 4 is 5.69 Å². The normalized spacial score (nSPS) is 19.5. The Morgan fingerprint density at radius 3 is 3.11 bits per heavy atom. The molecule has 0 saturated carbocycles. The van der Waals surface area contributed by atoms with Gasteiger partial charge in [-0.2, -0.15) is 0 Å². The number of nitrogens with zero attached hydrogens (tertiary/aromatic N) is 2. The van der Waals surface area contributed by atoms with Crippen LogP contribution in [0.4, 0.5) is 5.69 Å². The quantitative estimate of drug-likeness (QED) is 0.860. The zero-order valence-corrected chi connectivity index (χ0v) is 11.6. The van der Waals surface area contributed by atoms with Crippen LogP contribution in [0.5, 0.6) is 0 Å². The lowest BCUT2D eigenvalue weighted by atomic mass is 10.1. The Labute approximate surface area is 109 Å². The maximum Gasteiger partial charge on any atom is 0.0508 e. The molecule has 100 valence electrons. The predicted octanol–water partition coefficient (Wildman–Crippen LogP) is 1.58. The first kappa shape index (κ1) is 13.3. The lowest BCUT2D eigenvalue weighted by molar-refractivity contribution is 0.161. The van der Waals surface area contributed by atoms with E-state index in [1.54, 1.807) is 7.11 Å². The highest BCUT2D eigenvalue weighted by Crippen LogP contribution is 2.27. The average molecular weight is 249 g/mol. The summed E-state index contributed by atoms with van der Waals surface area (Å²) in [7, 11) is 3.76. The molecule has 1 fully saturated rings. The summed E-state index contributed by atoms with van der Waals surface area (Å²) in [6.45, 7) is 5.99. The van der Waals surface area contributed by atoms with Gasteiger partial charge in [0.25, 0.3) is 0 Å². The predicted molar refractivity (Wildman–Crippen MR) is 73.9 cm³/mol. The van der Waals surface area contributed by atoms with Crippen molar-refractivity contribution < 1.29 is 4.74 Å². The van der Waals surface area contributed by atoms with E-state index < -0.39 is 0 Å². The molecule has 1 atom stereocenters. The summed E-state index contributed by atoms with van der Waals surface area (Å²) in [4.78, 5) is 6.86. The molecule has 1 aliphatic heterocycles. The summed E-state index contributed by atoms with van der Waals surface area (Å²) in [5, 5.41) is 3.21. The lowest BCUT2D eigenvalue weighted by Crippen LogP contribution is -2.23. The molecule has 2 heterocycles. The van der Waals surface area contributed by atoms with Crippen LogP contribution >= 0.6 is 0 Å². The van der Waals surface area contributed by atoms with E-state index >= 15 is 0 Å². The zero-order valence-electron chi connectivity index (χ0n) is 11.6. The van der Waals surface area contributed by atoms with Gasteiger partial charge in [-0.3, -0.25) is 4.98 Å². The second-order valence-electron chi connectivity index (χ2n) is 5.04. The van der Waals surface area contributed by atoms with Crippen molar-refractivity contribution in [3.63, 3.8) is 0 Å². The molecule has 0 amide bonds. The number of pyridine rings is 1. The van der Waals surface area contributed by atoms with Crippen LogP contribution in [0.3, 0.4) is 0 Å². The molecule has 0 radical (unpaired) electrons. The first-order valence-corrected chi connectivity index (χ1v) is 6.58. The van der Waals surface area contributed by atoms with Gasteiger partial charge < -0.3 is 15.0 Å². The van der Waals surface area contributed by atoms with Crippen LogP contribution in [0, 0.1) is 12.8 Å². The molecule has 1 N–H and O–H groups in total. The third kappa shape index (κ3) is 3.00. The molecule has 0 bridgehead atoms. The molecule has 1 unspecified atom stereocenters. The largest absolute Gasteiger partial charge is 0.384 e. The average Bonchev–Trinajstić information content (AvgIpc) is 2.81. The van der Waals surface area contributed by atoms with Crippen molar-refractivity contribution in [2.45, 2.75) is 19.9 Å². The third-order valence-electron chi connectivity index (χ3n) is 3.49. The molecular weight excluding hydrogens is 226 g/mol. The van der Waals surface area contributed by atoms with Crippen molar-refractivity contribution in [3.05, 3.63) is 23.5 Å². The van der Waals surface area contributed by atoms with E-state index in [-0.39, 0.29) is 0 Å². The number of rotatable bonds is 5. The second kappa shape index (κ2) is 6.16. The van der Waals surface area contributed by atoms with Gasteiger partial charge >= 0.3 is 0 Å². The van der Waals surface area contributed by atoms with E-state index in [2.05, 4.69) is 28.2 Å². The maximum atomic E-state index is 5.26. The minimum absolute atomic E-state index is 0.658. The van der Waals surface area contributed by atoms with Crippen LogP contribution in [-0.4, -0.2) is 38.8 Å². The fraction of sp³-hybridized carbons (Fsp3) is 0.643. The minimum atomic E-state index is 0.658. The summed E-state index contributed by atoms with van der Waals surface area (Å²) in [6.07, 6.45) is 3.21. The summed E-state index contributed by atoms with van der Waals surface area (Å²) >= 11 is 0. The molecule has 18 heavy (non-hydrogen) atoms. The second-order valence-corrected chi connectivity index (χ2v) is 5.04. The number of nitrogens with one attached hydrogen (secondary N) is 1. The van der Waals surface area contributed by atoms with Gasteiger partial charge in [0, 0.05) is 55.8 Å². The van der Waals surface area contributed by atoms with Gasteiger partial charge in [-0.05, 0) is 26.5 Å². The summed E-state index contributed by atoms with van der Waals surface area (Å²) in [5.74, 6) is 0.658. The molecule has 0 spiro atoms. The number of hydrogen-bond donors (Lipinski definition) is 1. The fourth-order valence-electron chi connectivity index (χ4n) is 2.62. The molecule has 1 saturated heterocycles. The van der Waals surface area contributed by atoms with Gasteiger partial charge in [-0.15, -0.1) is 0 Å². The Bertz CT molecular complexity index is 395. The van der Waals surface area contributed by atoms with Gasteiger partial charge in [0.1, 0.15) is 0 Å². The smallest absolute Gasteiger partial charge is 0.0508 e. The van der Waals surface area contributed by atoms with E-state index in [4.69, 9.17) is 4.74 Å². The maximum absolute atomic E-state index is 5.26. The summed E-state index contributed by atoms with van der Waals surface area (Å²) in [6, 6.07) is 2.20. The SMILES string of the molecule is CNCc1cnc(C)cc1N1CCC(COC)C1. The van der Waals surface area contributed by atoms with E-state index in [0.29, 0.717) is 5.92 Å². The molecule has 1 aromatic heterocycles. The Morgan fingerprint density at radius 1 is 1.56 bits per heavy atom. The minimum Gasteiger partial charge on any atom is -0.384 e. The van der Waals surface area contributed by atoms with Gasteiger partial charge in [0.05, 0.1) is 6.61 Å². The van der Waals surface area contributed by atoms with E-state index in [0.717, 1.165) is 31.9 Å². The molecule has 4 nitrogen and oxygen atoms in total. The molecule has 0 aromatic carbocycles. The monoisotopic (exact) mass is 249 g/mol. The first-order chi connectivity index (χ1) is 8.74. The summed E-state index contributed by atoms with van der Waals surface area (Å²) in [5.41, 5.74) is 3.69. The van der Waals surface area contributed by atoms with Crippen LogP contribution in [0.15, 0.2) is 12.3 Å². The van der Waals surface area contributed by atoms with Crippen molar-refractivity contribution in [1.82, 2.24) is 10.3 Å². The number of methoxy groups -OCH3 is 1. The Balaban J connectivity index is 2.14. The number of aromatic nitrogens is 1. The van der Waals surface area contributed by atoms with Crippen molar-refractivity contribution in [2.24, 2.45) is 5.92 Å². The van der Waals surface area contributed by atoms with Gasteiger partial charge in [-0.1, -0.05) is 0 Å². The van der Waals surface area contributed by atoms with E-state index in [1.807, 2.05) is 13.2 Å². The summed E-state index contributed by atoms with van der Waals surface area (Å²) < 4.78 is 5.26. The molecule has 4 heteroatoms. The van der Waals surface area contributed by atoms with E-state index in [1.165, 1.54) is 17.7 Å². The highest BCUT2D eigenvalue weighted by molar-refractivity contribution is 5.54. The Morgan fingerprint density at radius 2 is 2.39 bits per heavy atom. The van der Waals surface area contributed by atoms with Gasteiger partial charge in [0.2, 0.25) is 0 Å². The molecule has 2 rings (SSSR count). The molecular formula is C14H23N3O. The lowest BCUT2D eigenvalue weighted by Gasteiger charge is -2.22. The topological polar surface area (TPSA) is 37.4 Å². The Kier molecular flexibility index (Phi) is 4.55. The van der Waals surface area contributed by atoms with Crippen molar-refractivity contribution in [3.8, 4) is 0 Å². The number of hydrogen-bond acceptors (Lipinski definition) is 4. The zero-order chi connectivity index (χ0) is 13.0. The van der Waals surface area contributed by atoms with Crippen LogP contribution in [0.1, 0.15) is 17.7 Å². The van der Waals surface area contributed by atoms with Crippen LogP contribution in [0.25, 0.3) is 0 Å². The van der Waals surface area contributed by atoms with Gasteiger partial charge in [-0.25, -0.2) is 0 Å². The van der Waals surface area contributed by atoms with Crippen molar-refractivity contribution in [2.75, 3.05) is 38.8 Å². The standard InChI is InChI=1S/C14H23N3O/c1-11-6-14(13(7-15-2)8-16-11)17-5-4-12(9-17)10-18-3/h6,8,12,15H,4-5,7,9-10H2,1-3H3. The van der Waals surface area contributed by atoms with E-state index in [9.17, 15) is 0 Å². The molecule has 0 aliphatic carbocycles. The number of ether oxygens (including phenoxy) is 1. The highest BCUT2D eigenvalue weighted by Gasteiger charge is 2.24. The number of anilines is 1. The molecule has 1 aromatic rings. The van der Waals surface area contributed by atoms with Gasteiger partial charge in [0.15, 0.2) is 0 Å². The third-order valence-corrected chi connectivity index (χ3v) is 3.49. The van der Waals surface area contributed by atoms with Crippen LogP contribution in [-0.2, 0) is 11.3 Å². The Hall–Kier alpha value is -1.13. The highest BCUT2D eigenvalue weighted by atomic mass is 16.5. The van der Waals surface area contributed by atoms with Crippen LogP contribution in [0.2, 0.25) is 0 Å². The number of aryl methyl sites for hydroxylation is 1.